The van der Waals surface area contributed by atoms with Crippen LogP contribution in [0.25, 0.3) is 0 Å². The monoisotopic (exact) mass is 329 g/mol. The molecule has 0 atom stereocenters. The molecule has 0 saturated heterocycles. The van der Waals surface area contributed by atoms with Crippen molar-refractivity contribution in [1.82, 2.24) is 0 Å². The first-order valence-electron chi connectivity index (χ1n) is 7.17. The lowest BCUT2D eigenvalue weighted by Crippen LogP contribution is -2.31. The van der Waals surface area contributed by atoms with E-state index in [1.807, 2.05) is 0 Å². The number of anilines is 1. The fourth-order valence-electron chi connectivity index (χ4n) is 2.40. The zero-order chi connectivity index (χ0) is 17.9. The molecule has 0 aliphatic carbocycles. The van der Waals surface area contributed by atoms with Gasteiger partial charge in [-0.2, -0.15) is 0 Å². The van der Waals surface area contributed by atoms with Gasteiger partial charge in [0.25, 0.3) is 17.3 Å². The standard InChI is InChI=1S/C16H15N3O5/c1-3-17(12-7-5-4-6-8-12)16(20)14-9-13(18(21)22)10-15(11(14)2)19(23)24/h4-10H,3H2,1-2H3. The Morgan fingerprint density at radius 3 is 2.21 bits per heavy atom. The quantitative estimate of drug-likeness (QED) is 0.616. The summed E-state index contributed by atoms with van der Waals surface area (Å²) in [4.78, 5) is 34.9. The summed E-state index contributed by atoms with van der Waals surface area (Å²) in [5, 5.41) is 22.2. The van der Waals surface area contributed by atoms with Crippen molar-refractivity contribution in [3.63, 3.8) is 0 Å². The van der Waals surface area contributed by atoms with Crippen LogP contribution in [0.5, 0.6) is 0 Å². The van der Waals surface area contributed by atoms with Crippen molar-refractivity contribution in [2.24, 2.45) is 0 Å². The van der Waals surface area contributed by atoms with E-state index in [1.54, 1.807) is 37.3 Å². The van der Waals surface area contributed by atoms with Crippen molar-refractivity contribution in [3.8, 4) is 0 Å². The number of hydrogen-bond acceptors (Lipinski definition) is 5. The van der Waals surface area contributed by atoms with Gasteiger partial charge in [0.2, 0.25) is 0 Å². The number of non-ortho nitro benzene ring substituents is 1. The van der Waals surface area contributed by atoms with Gasteiger partial charge in [-0.05, 0) is 26.0 Å². The van der Waals surface area contributed by atoms with Crippen LogP contribution in [0, 0.1) is 27.2 Å². The van der Waals surface area contributed by atoms with E-state index < -0.39 is 27.1 Å². The third-order valence-corrected chi connectivity index (χ3v) is 3.63. The van der Waals surface area contributed by atoms with Gasteiger partial charge in [-0.15, -0.1) is 0 Å². The molecule has 0 spiro atoms. The van der Waals surface area contributed by atoms with E-state index in [9.17, 15) is 25.0 Å². The van der Waals surface area contributed by atoms with Crippen molar-refractivity contribution in [2.45, 2.75) is 13.8 Å². The van der Waals surface area contributed by atoms with E-state index in [2.05, 4.69) is 0 Å². The molecule has 8 heteroatoms. The van der Waals surface area contributed by atoms with Gasteiger partial charge in [0.1, 0.15) is 0 Å². The fraction of sp³-hybridized carbons (Fsp3) is 0.188. The van der Waals surface area contributed by atoms with Gasteiger partial charge >= 0.3 is 0 Å². The molecule has 124 valence electrons. The highest BCUT2D eigenvalue weighted by atomic mass is 16.6. The van der Waals surface area contributed by atoms with E-state index in [-0.39, 0.29) is 11.1 Å². The lowest BCUT2D eigenvalue weighted by atomic mass is 10.0. The normalized spacial score (nSPS) is 10.2. The predicted octanol–water partition coefficient (Wildman–Crippen LogP) is 3.48. The number of para-hydroxylation sites is 1. The van der Waals surface area contributed by atoms with Crippen LogP contribution in [0.4, 0.5) is 17.1 Å². The maximum Gasteiger partial charge on any atom is 0.279 e. The van der Waals surface area contributed by atoms with Gasteiger partial charge in [0, 0.05) is 23.9 Å². The van der Waals surface area contributed by atoms with Crippen molar-refractivity contribution in [3.05, 3.63) is 73.8 Å². The molecule has 24 heavy (non-hydrogen) atoms. The molecule has 2 aromatic carbocycles. The summed E-state index contributed by atoms with van der Waals surface area (Å²) < 4.78 is 0. The Bertz CT molecular complexity index is 805. The molecule has 0 N–H and O–H groups in total. The number of hydrogen-bond donors (Lipinski definition) is 0. The summed E-state index contributed by atoms with van der Waals surface area (Å²) in [6.45, 7) is 3.48. The van der Waals surface area contributed by atoms with E-state index in [0.29, 0.717) is 12.2 Å². The van der Waals surface area contributed by atoms with E-state index >= 15 is 0 Å². The summed E-state index contributed by atoms with van der Waals surface area (Å²) in [6.07, 6.45) is 0. The van der Waals surface area contributed by atoms with Crippen LogP contribution < -0.4 is 4.90 Å². The molecule has 0 fully saturated rings. The average Bonchev–Trinajstić information content (AvgIpc) is 2.56. The van der Waals surface area contributed by atoms with E-state index in [0.717, 1.165) is 12.1 Å². The van der Waals surface area contributed by atoms with Gasteiger partial charge in [-0.1, -0.05) is 18.2 Å². The molecular formula is C16H15N3O5. The Labute approximate surface area is 137 Å². The Balaban J connectivity index is 2.59. The van der Waals surface area contributed by atoms with Gasteiger partial charge < -0.3 is 4.90 Å². The zero-order valence-electron chi connectivity index (χ0n) is 13.1. The van der Waals surface area contributed by atoms with E-state index in [4.69, 9.17) is 0 Å². The molecule has 0 aliphatic heterocycles. The lowest BCUT2D eigenvalue weighted by Gasteiger charge is -2.21. The summed E-state index contributed by atoms with van der Waals surface area (Å²) in [6, 6.07) is 10.7. The molecular weight excluding hydrogens is 314 g/mol. The molecule has 0 saturated carbocycles. The first-order valence-corrected chi connectivity index (χ1v) is 7.17. The summed E-state index contributed by atoms with van der Waals surface area (Å²) in [5.74, 6) is -0.520. The van der Waals surface area contributed by atoms with Crippen LogP contribution in [0.3, 0.4) is 0 Å². The zero-order valence-corrected chi connectivity index (χ0v) is 13.1. The number of amides is 1. The smallest absolute Gasteiger partial charge is 0.279 e. The first-order chi connectivity index (χ1) is 11.4. The first kappa shape index (κ1) is 17.1. The van der Waals surface area contributed by atoms with Crippen molar-refractivity contribution in [1.29, 1.82) is 0 Å². The number of benzene rings is 2. The average molecular weight is 329 g/mol. The minimum absolute atomic E-state index is 0.0541. The number of nitro groups is 2. The molecule has 0 aliphatic rings. The maximum absolute atomic E-state index is 12.8. The van der Waals surface area contributed by atoms with E-state index in [1.165, 1.54) is 11.8 Å². The highest BCUT2D eigenvalue weighted by molar-refractivity contribution is 6.08. The van der Waals surface area contributed by atoms with Gasteiger partial charge in [-0.3, -0.25) is 25.0 Å². The second-order valence-electron chi connectivity index (χ2n) is 5.04. The van der Waals surface area contributed by atoms with Crippen LogP contribution in [0.1, 0.15) is 22.8 Å². The second-order valence-corrected chi connectivity index (χ2v) is 5.04. The second kappa shape index (κ2) is 6.86. The Hall–Kier alpha value is -3.29. The SMILES string of the molecule is CCN(C(=O)c1cc([N+](=O)[O-])cc([N+](=O)[O-])c1C)c1ccccc1. The third kappa shape index (κ3) is 3.22. The molecule has 2 rings (SSSR count). The fourth-order valence-corrected chi connectivity index (χ4v) is 2.40. The van der Waals surface area contributed by atoms with Crippen LogP contribution in [-0.2, 0) is 0 Å². The van der Waals surface area contributed by atoms with Crippen molar-refractivity contribution in [2.75, 3.05) is 11.4 Å². The highest BCUT2D eigenvalue weighted by Gasteiger charge is 2.27. The number of carbonyl (C=O) groups is 1. The van der Waals surface area contributed by atoms with Crippen LogP contribution in [-0.4, -0.2) is 22.3 Å². The number of nitrogens with zero attached hydrogens (tertiary/aromatic N) is 3. The van der Waals surface area contributed by atoms with Crippen LogP contribution >= 0.6 is 0 Å². The third-order valence-electron chi connectivity index (χ3n) is 3.63. The Morgan fingerprint density at radius 2 is 1.71 bits per heavy atom. The molecule has 0 unspecified atom stereocenters. The minimum atomic E-state index is -0.748. The van der Waals surface area contributed by atoms with Gasteiger partial charge in [0.05, 0.1) is 21.5 Å². The van der Waals surface area contributed by atoms with Gasteiger partial charge in [0.15, 0.2) is 0 Å². The number of nitro benzene ring substituents is 2. The Morgan fingerprint density at radius 1 is 1.08 bits per heavy atom. The van der Waals surface area contributed by atoms with Gasteiger partial charge in [-0.25, -0.2) is 0 Å². The molecule has 0 bridgehead atoms. The summed E-state index contributed by atoms with van der Waals surface area (Å²) >= 11 is 0. The number of carbonyl (C=O) groups excluding carboxylic acids is 1. The molecule has 2 aromatic rings. The van der Waals surface area contributed by atoms with Crippen molar-refractivity contribution >= 4 is 23.0 Å². The minimum Gasteiger partial charge on any atom is -0.309 e. The van der Waals surface area contributed by atoms with Crippen LogP contribution in [0.15, 0.2) is 42.5 Å². The topological polar surface area (TPSA) is 107 Å². The summed E-state index contributed by atoms with van der Waals surface area (Å²) in [5.41, 5.74) is -0.276. The Kier molecular flexibility index (Phi) is 4.88. The largest absolute Gasteiger partial charge is 0.309 e. The summed E-state index contributed by atoms with van der Waals surface area (Å²) in [7, 11) is 0. The lowest BCUT2D eigenvalue weighted by molar-refractivity contribution is -0.394. The molecule has 0 radical (unpaired) electrons. The molecule has 8 nitrogen and oxygen atoms in total. The number of rotatable bonds is 5. The molecule has 0 aromatic heterocycles. The maximum atomic E-state index is 12.8. The van der Waals surface area contributed by atoms with Crippen LogP contribution in [0.2, 0.25) is 0 Å². The molecule has 1 amide bonds. The van der Waals surface area contributed by atoms with Crippen molar-refractivity contribution < 1.29 is 14.6 Å². The highest BCUT2D eigenvalue weighted by Crippen LogP contribution is 2.29. The molecule has 0 heterocycles. The predicted molar refractivity (Wildman–Crippen MR) is 88.3 cm³/mol.